The van der Waals surface area contributed by atoms with E-state index in [-0.39, 0.29) is 17.0 Å². The lowest BCUT2D eigenvalue weighted by Crippen LogP contribution is -3.00. The fourth-order valence-electron chi connectivity index (χ4n) is 2.73. The van der Waals surface area contributed by atoms with Crippen molar-refractivity contribution in [2.24, 2.45) is 0 Å². The summed E-state index contributed by atoms with van der Waals surface area (Å²) in [6.07, 6.45) is 2.10. The molecule has 0 saturated carbocycles. The standard InChI is InChI=1S/C17H12Cl2N2S.BrH/c18-12-6-3-7-13(19)16(12)21-17-20-15-11-5-2-1-4-10(11)8-9-14(15)22-17;/h1-7H,8-9H2,(H,20,21);1H/p-1. The summed E-state index contributed by atoms with van der Waals surface area (Å²) in [5.74, 6) is 0. The molecule has 0 amide bonds. The zero-order valence-electron chi connectivity index (χ0n) is 11.9. The number of nitrogens with one attached hydrogen (secondary N) is 1. The van der Waals surface area contributed by atoms with E-state index < -0.39 is 0 Å². The number of hydrogen-bond donors (Lipinski definition) is 1. The van der Waals surface area contributed by atoms with Gasteiger partial charge in [0, 0.05) is 10.4 Å². The maximum absolute atomic E-state index is 6.22. The van der Waals surface area contributed by atoms with Gasteiger partial charge >= 0.3 is 0 Å². The van der Waals surface area contributed by atoms with Crippen LogP contribution in [0.2, 0.25) is 10.0 Å². The molecule has 0 atom stereocenters. The summed E-state index contributed by atoms with van der Waals surface area (Å²) in [6, 6.07) is 13.9. The average molecular weight is 427 g/mol. The van der Waals surface area contributed by atoms with Crippen LogP contribution in [0.25, 0.3) is 11.3 Å². The first-order chi connectivity index (χ1) is 10.7. The number of halogens is 3. The number of para-hydroxylation sites is 1. The first-order valence-corrected chi connectivity index (χ1v) is 8.58. The summed E-state index contributed by atoms with van der Waals surface area (Å²) in [4.78, 5) is 6.07. The Morgan fingerprint density at radius 3 is 2.48 bits per heavy atom. The van der Waals surface area contributed by atoms with E-state index in [0.29, 0.717) is 15.7 Å². The molecule has 0 fully saturated rings. The molecule has 0 radical (unpaired) electrons. The van der Waals surface area contributed by atoms with Gasteiger partial charge in [0.1, 0.15) is 0 Å². The molecule has 0 spiro atoms. The molecule has 4 rings (SSSR count). The van der Waals surface area contributed by atoms with Crippen LogP contribution in [0.4, 0.5) is 10.8 Å². The molecule has 1 heterocycles. The predicted molar refractivity (Wildman–Crippen MR) is 94.7 cm³/mol. The van der Waals surface area contributed by atoms with E-state index in [4.69, 9.17) is 28.2 Å². The van der Waals surface area contributed by atoms with Gasteiger partial charge in [-0.3, -0.25) is 0 Å². The van der Waals surface area contributed by atoms with Gasteiger partial charge in [-0.25, -0.2) is 4.98 Å². The number of fused-ring (bicyclic) bond motifs is 3. The van der Waals surface area contributed by atoms with Crippen molar-refractivity contribution in [3.8, 4) is 11.3 Å². The second-order valence-corrected chi connectivity index (χ2v) is 7.07. The molecule has 0 unspecified atom stereocenters. The molecule has 1 N–H and O–H groups in total. The van der Waals surface area contributed by atoms with Crippen molar-refractivity contribution in [3.63, 3.8) is 0 Å². The fourth-order valence-corrected chi connectivity index (χ4v) is 4.20. The minimum absolute atomic E-state index is 0. The maximum atomic E-state index is 6.22. The number of aryl methyl sites for hydroxylation is 2. The Bertz CT molecular complexity index is 843. The van der Waals surface area contributed by atoms with E-state index in [9.17, 15) is 0 Å². The summed E-state index contributed by atoms with van der Waals surface area (Å²) in [6.45, 7) is 0. The van der Waals surface area contributed by atoms with Crippen LogP contribution in [0, 0.1) is 0 Å². The Hall–Kier alpha value is -1.07. The molecule has 1 aliphatic rings. The van der Waals surface area contributed by atoms with E-state index in [1.165, 1.54) is 16.0 Å². The number of aromatic nitrogens is 1. The number of hydrogen-bond acceptors (Lipinski definition) is 3. The molecule has 1 aromatic heterocycles. The van der Waals surface area contributed by atoms with Crippen molar-refractivity contribution in [1.29, 1.82) is 0 Å². The summed E-state index contributed by atoms with van der Waals surface area (Å²) < 4.78 is 0. The second-order valence-electron chi connectivity index (χ2n) is 5.17. The number of rotatable bonds is 2. The summed E-state index contributed by atoms with van der Waals surface area (Å²) in [5, 5.41) is 5.30. The smallest absolute Gasteiger partial charge is 0.188 e. The molecule has 0 bridgehead atoms. The molecular formula is C17H12BrCl2N2S-. The highest BCUT2D eigenvalue weighted by atomic mass is 79.9. The van der Waals surface area contributed by atoms with Crippen LogP contribution in [0.5, 0.6) is 0 Å². The number of benzene rings is 2. The van der Waals surface area contributed by atoms with Gasteiger partial charge in [-0.2, -0.15) is 0 Å². The van der Waals surface area contributed by atoms with Gasteiger partial charge in [0.2, 0.25) is 0 Å². The van der Waals surface area contributed by atoms with E-state index >= 15 is 0 Å². The summed E-state index contributed by atoms with van der Waals surface area (Å²) in [7, 11) is 0. The molecule has 3 aromatic rings. The largest absolute Gasteiger partial charge is 1.00 e. The summed E-state index contributed by atoms with van der Waals surface area (Å²) >= 11 is 14.1. The van der Waals surface area contributed by atoms with E-state index in [1.807, 2.05) is 18.2 Å². The lowest BCUT2D eigenvalue weighted by atomic mass is 9.94. The van der Waals surface area contributed by atoms with Crippen LogP contribution < -0.4 is 22.3 Å². The summed E-state index contributed by atoms with van der Waals surface area (Å²) in [5.41, 5.74) is 4.39. The number of thiazole rings is 1. The molecule has 23 heavy (non-hydrogen) atoms. The molecule has 0 saturated heterocycles. The quantitative estimate of drug-likeness (QED) is 0.681. The fraction of sp³-hybridized carbons (Fsp3) is 0.118. The van der Waals surface area contributed by atoms with Crippen LogP contribution in [0.3, 0.4) is 0 Å². The molecular weight excluding hydrogens is 415 g/mol. The van der Waals surface area contributed by atoms with Gasteiger partial charge in [0.05, 0.1) is 21.4 Å². The molecule has 1 aliphatic carbocycles. The van der Waals surface area contributed by atoms with Crippen molar-refractivity contribution in [1.82, 2.24) is 4.98 Å². The van der Waals surface area contributed by atoms with Crippen LogP contribution in [0.15, 0.2) is 42.5 Å². The van der Waals surface area contributed by atoms with Crippen LogP contribution in [-0.4, -0.2) is 4.98 Å². The Morgan fingerprint density at radius 1 is 0.957 bits per heavy atom. The Balaban J connectivity index is 0.00000156. The van der Waals surface area contributed by atoms with Crippen molar-refractivity contribution in [3.05, 3.63) is 63.0 Å². The first kappa shape index (κ1) is 16.8. The molecule has 118 valence electrons. The SMILES string of the molecule is Clc1cccc(Cl)c1Nc1nc2c(s1)CCc1ccccc1-2.[Br-]. The highest BCUT2D eigenvalue weighted by Crippen LogP contribution is 2.40. The van der Waals surface area contributed by atoms with Gasteiger partial charge in [0.25, 0.3) is 0 Å². The normalized spacial score (nSPS) is 12.1. The highest BCUT2D eigenvalue weighted by Gasteiger charge is 2.21. The average Bonchev–Trinajstić information content (AvgIpc) is 2.94. The lowest BCUT2D eigenvalue weighted by molar-refractivity contribution is -0.00000406. The lowest BCUT2D eigenvalue weighted by Gasteiger charge is -2.13. The molecule has 6 heteroatoms. The van der Waals surface area contributed by atoms with E-state index in [1.54, 1.807) is 11.3 Å². The maximum Gasteiger partial charge on any atom is 0.188 e. The number of anilines is 2. The molecule has 0 aliphatic heterocycles. The Kier molecular flexibility index (Phi) is 4.97. The Morgan fingerprint density at radius 2 is 1.70 bits per heavy atom. The van der Waals surface area contributed by atoms with Gasteiger partial charge in [-0.1, -0.05) is 53.5 Å². The highest BCUT2D eigenvalue weighted by molar-refractivity contribution is 7.16. The third-order valence-electron chi connectivity index (χ3n) is 3.79. The van der Waals surface area contributed by atoms with Gasteiger partial charge in [-0.15, -0.1) is 11.3 Å². The third kappa shape index (κ3) is 3.13. The van der Waals surface area contributed by atoms with E-state index in [2.05, 4.69) is 29.6 Å². The first-order valence-electron chi connectivity index (χ1n) is 7.01. The van der Waals surface area contributed by atoms with Gasteiger partial charge < -0.3 is 22.3 Å². The van der Waals surface area contributed by atoms with Crippen molar-refractivity contribution in [2.45, 2.75) is 12.8 Å². The molecule has 2 aromatic carbocycles. The van der Waals surface area contributed by atoms with Crippen molar-refractivity contribution in [2.75, 3.05) is 5.32 Å². The zero-order valence-corrected chi connectivity index (χ0v) is 15.9. The zero-order chi connectivity index (χ0) is 15.1. The monoisotopic (exact) mass is 425 g/mol. The molecule has 2 nitrogen and oxygen atoms in total. The number of nitrogens with zero attached hydrogens (tertiary/aromatic N) is 1. The third-order valence-corrected chi connectivity index (χ3v) is 5.45. The Labute approximate surface area is 159 Å². The topological polar surface area (TPSA) is 24.9 Å². The minimum Gasteiger partial charge on any atom is -1.00 e. The van der Waals surface area contributed by atoms with Gasteiger partial charge in [-0.05, 0) is 30.5 Å². The second kappa shape index (κ2) is 6.81. The minimum atomic E-state index is 0. The van der Waals surface area contributed by atoms with Crippen LogP contribution in [0.1, 0.15) is 10.4 Å². The van der Waals surface area contributed by atoms with E-state index in [0.717, 1.165) is 23.7 Å². The van der Waals surface area contributed by atoms with Gasteiger partial charge in [0.15, 0.2) is 5.13 Å². The van der Waals surface area contributed by atoms with Crippen LogP contribution in [-0.2, 0) is 12.8 Å². The van der Waals surface area contributed by atoms with Crippen molar-refractivity contribution >= 4 is 45.4 Å². The van der Waals surface area contributed by atoms with Crippen LogP contribution >= 0.6 is 34.5 Å². The van der Waals surface area contributed by atoms with Crippen molar-refractivity contribution < 1.29 is 17.0 Å². The predicted octanol–water partition coefficient (Wildman–Crippen LogP) is 2.96.